The molecule has 4 nitrogen and oxygen atoms in total. The first kappa shape index (κ1) is 17.7. The lowest BCUT2D eigenvalue weighted by atomic mass is 9.87. The number of nitrogens with one attached hydrogen (secondary N) is 1. The van der Waals surface area contributed by atoms with Crippen molar-refractivity contribution in [2.75, 3.05) is 19.8 Å². The molecule has 0 aliphatic carbocycles. The van der Waals surface area contributed by atoms with E-state index in [-0.39, 0.29) is 17.6 Å². The highest BCUT2D eigenvalue weighted by Gasteiger charge is 2.50. The van der Waals surface area contributed by atoms with E-state index in [2.05, 4.69) is 26.2 Å². The zero-order chi connectivity index (χ0) is 18.1. The van der Waals surface area contributed by atoms with Gasteiger partial charge in [-0.1, -0.05) is 45.9 Å². The summed E-state index contributed by atoms with van der Waals surface area (Å²) < 4.78 is 20.5. The van der Waals surface area contributed by atoms with Crippen molar-refractivity contribution in [2.24, 2.45) is 10.9 Å². The first-order valence-corrected chi connectivity index (χ1v) is 9.82. The quantitative estimate of drug-likeness (QED) is 0.777. The lowest BCUT2D eigenvalue weighted by Crippen LogP contribution is -2.42. The standard InChI is InChI=1S/C19H16BrFN2O2S/c20-14-6-7-16(21)15(8-14)19-11-25-10-13(19)9-22-18(26-19)23-17(24)12-4-2-1-3-5-12/h1-8,13H,9-11H2,(H,22,23,24). The molecule has 2 aromatic carbocycles. The largest absolute Gasteiger partial charge is 0.379 e. The van der Waals surface area contributed by atoms with Crippen LogP contribution in [0.15, 0.2) is 58.0 Å². The summed E-state index contributed by atoms with van der Waals surface area (Å²) >= 11 is 4.81. The van der Waals surface area contributed by atoms with Crippen LogP contribution in [0.4, 0.5) is 4.39 Å². The van der Waals surface area contributed by atoms with Crippen LogP contribution in [-0.4, -0.2) is 30.8 Å². The third-order valence-electron chi connectivity index (χ3n) is 4.67. The highest BCUT2D eigenvalue weighted by atomic mass is 79.9. The maximum Gasteiger partial charge on any atom is 0.257 e. The second-order valence-electron chi connectivity index (χ2n) is 6.29. The number of thioether (sulfide) groups is 1. The maximum absolute atomic E-state index is 14.6. The van der Waals surface area contributed by atoms with E-state index >= 15 is 0 Å². The molecule has 2 aliphatic heterocycles. The molecular formula is C19H16BrFN2O2S. The highest BCUT2D eigenvalue weighted by molar-refractivity contribution is 9.10. The predicted molar refractivity (Wildman–Crippen MR) is 104 cm³/mol. The summed E-state index contributed by atoms with van der Waals surface area (Å²) in [5.41, 5.74) is 1.14. The van der Waals surface area contributed by atoms with Gasteiger partial charge < -0.3 is 10.1 Å². The third kappa shape index (κ3) is 3.19. The molecule has 0 spiro atoms. The second kappa shape index (κ2) is 7.13. The summed E-state index contributed by atoms with van der Waals surface area (Å²) in [5, 5.41) is 3.36. The molecule has 0 bridgehead atoms. The summed E-state index contributed by atoms with van der Waals surface area (Å²) in [5.74, 6) is -0.431. The van der Waals surface area contributed by atoms with Crippen molar-refractivity contribution in [1.82, 2.24) is 5.32 Å². The van der Waals surface area contributed by atoms with Gasteiger partial charge in [-0.2, -0.15) is 0 Å². The topological polar surface area (TPSA) is 50.7 Å². The maximum atomic E-state index is 14.6. The number of hydrogen-bond acceptors (Lipinski definition) is 4. The normalized spacial score (nSPS) is 24.7. The number of ether oxygens (including phenoxy) is 1. The number of carbonyl (C=O) groups is 1. The van der Waals surface area contributed by atoms with Crippen LogP contribution in [0.5, 0.6) is 0 Å². The van der Waals surface area contributed by atoms with E-state index in [4.69, 9.17) is 4.74 Å². The lowest BCUT2D eigenvalue weighted by Gasteiger charge is -2.36. The van der Waals surface area contributed by atoms with Crippen LogP contribution in [0.3, 0.4) is 0 Å². The Morgan fingerprint density at radius 2 is 2.12 bits per heavy atom. The molecule has 2 heterocycles. The minimum atomic E-state index is -0.588. The zero-order valence-electron chi connectivity index (χ0n) is 13.7. The molecule has 1 saturated heterocycles. The Kier molecular flexibility index (Phi) is 4.86. The van der Waals surface area contributed by atoms with Crippen molar-refractivity contribution in [3.8, 4) is 0 Å². The number of halogens is 2. The number of aliphatic imine (C=N–C) groups is 1. The van der Waals surface area contributed by atoms with Crippen LogP contribution in [0, 0.1) is 11.7 Å². The number of amides is 1. The fourth-order valence-corrected chi connectivity index (χ4v) is 5.02. The summed E-state index contributed by atoms with van der Waals surface area (Å²) in [6.45, 7) is 1.40. The van der Waals surface area contributed by atoms with Gasteiger partial charge in [-0.3, -0.25) is 9.79 Å². The van der Waals surface area contributed by atoms with Gasteiger partial charge in [0.2, 0.25) is 0 Å². The number of hydrogen-bond donors (Lipinski definition) is 1. The van der Waals surface area contributed by atoms with Crippen LogP contribution in [0.2, 0.25) is 0 Å². The molecule has 2 unspecified atom stereocenters. The first-order valence-electron chi connectivity index (χ1n) is 8.21. The van der Waals surface area contributed by atoms with Gasteiger partial charge in [0.25, 0.3) is 5.91 Å². The minimum Gasteiger partial charge on any atom is -0.379 e. The Balaban J connectivity index is 1.63. The van der Waals surface area contributed by atoms with Crippen molar-refractivity contribution in [3.05, 3.63) is 69.9 Å². The highest BCUT2D eigenvalue weighted by Crippen LogP contribution is 2.51. The number of amidine groups is 1. The molecule has 26 heavy (non-hydrogen) atoms. The average molecular weight is 435 g/mol. The van der Waals surface area contributed by atoms with E-state index in [1.165, 1.54) is 17.8 Å². The second-order valence-corrected chi connectivity index (χ2v) is 8.53. The molecule has 1 N–H and O–H groups in total. The summed E-state index contributed by atoms with van der Waals surface area (Å²) in [6.07, 6.45) is 0. The van der Waals surface area contributed by atoms with Crippen LogP contribution in [0.25, 0.3) is 0 Å². The van der Waals surface area contributed by atoms with Gasteiger partial charge in [-0.25, -0.2) is 4.39 Å². The van der Waals surface area contributed by atoms with Gasteiger partial charge in [0.05, 0.1) is 18.0 Å². The van der Waals surface area contributed by atoms with E-state index in [1.807, 2.05) is 18.2 Å². The van der Waals surface area contributed by atoms with E-state index in [9.17, 15) is 9.18 Å². The minimum absolute atomic E-state index is 0.0636. The fraction of sp³-hybridized carbons (Fsp3) is 0.263. The average Bonchev–Trinajstić information content (AvgIpc) is 3.08. The Hall–Kier alpha value is -1.70. The Morgan fingerprint density at radius 3 is 2.92 bits per heavy atom. The van der Waals surface area contributed by atoms with Gasteiger partial charge in [0.15, 0.2) is 5.17 Å². The van der Waals surface area contributed by atoms with Crippen LogP contribution in [-0.2, 0) is 9.48 Å². The molecule has 2 aromatic rings. The number of rotatable bonds is 2. The van der Waals surface area contributed by atoms with E-state index in [0.717, 1.165) is 4.47 Å². The van der Waals surface area contributed by atoms with Crippen LogP contribution in [0.1, 0.15) is 15.9 Å². The molecule has 0 saturated carbocycles. The van der Waals surface area contributed by atoms with E-state index in [0.29, 0.717) is 36.1 Å². The van der Waals surface area contributed by atoms with Crippen molar-refractivity contribution < 1.29 is 13.9 Å². The monoisotopic (exact) mass is 434 g/mol. The van der Waals surface area contributed by atoms with Gasteiger partial charge in [-0.05, 0) is 30.3 Å². The smallest absolute Gasteiger partial charge is 0.257 e. The van der Waals surface area contributed by atoms with Gasteiger partial charge >= 0.3 is 0 Å². The van der Waals surface area contributed by atoms with Crippen molar-refractivity contribution in [2.45, 2.75) is 4.75 Å². The Morgan fingerprint density at radius 1 is 1.31 bits per heavy atom. The Labute approximate surface area is 163 Å². The number of benzene rings is 2. The lowest BCUT2D eigenvalue weighted by molar-refractivity contribution is 0.0977. The molecule has 0 aromatic heterocycles. The molecule has 1 fully saturated rings. The number of nitrogens with zero attached hydrogens (tertiary/aromatic N) is 1. The molecule has 2 aliphatic rings. The molecule has 2 atom stereocenters. The first-order chi connectivity index (χ1) is 12.6. The number of carbonyl (C=O) groups excluding carboxylic acids is 1. The zero-order valence-corrected chi connectivity index (χ0v) is 16.1. The molecule has 1 amide bonds. The summed E-state index contributed by atoms with van der Waals surface area (Å²) in [4.78, 5) is 16.9. The molecular weight excluding hydrogens is 419 g/mol. The van der Waals surface area contributed by atoms with Crippen LogP contribution >= 0.6 is 27.7 Å². The van der Waals surface area contributed by atoms with Gasteiger partial charge in [0, 0.05) is 28.1 Å². The van der Waals surface area contributed by atoms with Crippen LogP contribution < -0.4 is 5.32 Å². The van der Waals surface area contributed by atoms with E-state index in [1.54, 1.807) is 24.3 Å². The van der Waals surface area contributed by atoms with E-state index < -0.39 is 4.75 Å². The predicted octanol–water partition coefficient (Wildman–Crippen LogP) is 3.96. The summed E-state index contributed by atoms with van der Waals surface area (Å²) in [7, 11) is 0. The van der Waals surface area contributed by atoms with Crippen molar-refractivity contribution in [1.29, 1.82) is 0 Å². The van der Waals surface area contributed by atoms with Crippen molar-refractivity contribution >= 4 is 38.8 Å². The SMILES string of the molecule is O=C(NC1=NCC2COCC2(c2cc(Br)ccc2F)S1)c1ccccc1. The molecule has 7 heteroatoms. The van der Waals surface area contributed by atoms with Gasteiger partial charge in [0.1, 0.15) is 5.82 Å². The molecule has 134 valence electrons. The molecule has 0 radical (unpaired) electrons. The number of fused-ring (bicyclic) bond motifs is 1. The van der Waals surface area contributed by atoms with Crippen molar-refractivity contribution in [3.63, 3.8) is 0 Å². The fourth-order valence-electron chi connectivity index (χ4n) is 3.31. The van der Waals surface area contributed by atoms with Gasteiger partial charge in [-0.15, -0.1) is 0 Å². The third-order valence-corrected chi connectivity index (χ3v) is 6.62. The Bertz CT molecular complexity index is 877. The summed E-state index contributed by atoms with van der Waals surface area (Å²) in [6, 6.07) is 13.9. The molecule has 4 rings (SSSR count).